The number of rotatable bonds is 1. The Kier molecular flexibility index (Phi) is 3.99. The lowest BCUT2D eigenvalue weighted by Gasteiger charge is -2.32. The van der Waals surface area contributed by atoms with Crippen molar-refractivity contribution in [1.29, 1.82) is 0 Å². The highest BCUT2D eigenvalue weighted by Crippen LogP contribution is 2.32. The highest BCUT2D eigenvalue weighted by Gasteiger charge is 2.35. The Hall–Kier alpha value is -1.63. The molecule has 0 bridgehead atoms. The third-order valence-corrected chi connectivity index (χ3v) is 3.31. The van der Waals surface area contributed by atoms with Crippen LogP contribution in [0.1, 0.15) is 15.9 Å². The van der Waals surface area contributed by atoms with Crippen LogP contribution < -0.4 is 0 Å². The topological polar surface area (TPSA) is 23.6 Å². The van der Waals surface area contributed by atoms with Gasteiger partial charge in [-0.25, -0.2) is 4.39 Å². The van der Waals surface area contributed by atoms with Crippen LogP contribution in [0.4, 0.5) is 17.6 Å². The first-order chi connectivity index (χ1) is 9.29. The Morgan fingerprint density at radius 3 is 2.30 bits per heavy atom. The summed E-state index contributed by atoms with van der Waals surface area (Å²) >= 11 is 0. The molecule has 0 aliphatic carbocycles. The van der Waals surface area contributed by atoms with Crippen LogP contribution in [0.25, 0.3) is 0 Å². The summed E-state index contributed by atoms with van der Waals surface area (Å²) in [5, 5.41) is 0. The van der Waals surface area contributed by atoms with Gasteiger partial charge < -0.3 is 9.80 Å². The number of carbonyl (C=O) groups excluding carboxylic acids is 1. The number of hydrogen-bond acceptors (Lipinski definition) is 2. The number of nitrogens with zero attached hydrogens (tertiary/aromatic N) is 2. The minimum absolute atomic E-state index is 0.136. The highest BCUT2D eigenvalue weighted by molar-refractivity contribution is 5.94. The SMILES string of the molecule is CN1CCN(C(=O)c2ccc(F)c(C(F)(F)F)c2)CC1. The van der Waals surface area contributed by atoms with Crippen LogP contribution in [0.3, 0.4) is 0 Å². The molecule has 0 aromatic heterocycles. The molecule has 1 heterocycles. The average molecular weight is 290 g/mol. The highest BCUT2D eigenvalue weighted by atomic mass is 19.4. The molecule has 20 heavy (non-hydrogen) atoms. The van der Waals surface area contributed by atoms with E-state index in [1.54, 1.807) is 0 Å². The molecule has 1 amide bonds. The monoisotopic (exact) mass is 290 g/mol. The number of benzene rings is 1. The number of hydrogen-bond donors (Lipinski definition) is 0. The lowest BCUT2D eigenvalue weighted by atomic mass is 10.1. The van der Waals surface area contributed by atoms with E-state index >= 15 is 0 Å². The number of alkyl halides is 3. The maximum Gasteiger partial charge on any atom is 0.419 e. The van der Waals surface area contributed by atoms with Crippen LogP contribution in [-0.2, 0) is 6.18 Å². The van der Waals surface area contributed by atoms with Crippen molar-refractivity contribution >= 4 is 5.91 Å². The van der Waals surface area contributed by atoms with Gasteiger partial charge in [0.2, 0.25) is 0 Å². The van der Waals surface area contributed by atoms with Gasteiger partial charge in [0.1, 0.15) is 5.82 Å². The fraction of sp³-hybridized carbons (Fsp3) is 0.462. The number of carbonyl (C=O) groups is 1. The first kappa shape index (κ1) is 14.8. The van der Waals surface area contributed by atoms with Gasteiger partial charge in [-0.2, -0.15) is 13.2 Å². The van der Waals surface area contributed by atoms with Gasteiger partial charge in [0.25, 0.3) is 5.91 Å². The van der Waals surface area contributed by atoms with Gasteiger partial charge >= 0.3 is 6.18 Å². The summed E-state index contributed by atoms with van der Waals surface area (Å²) in [6.45, 7) is 2.24. The predicted molar refractivity (Wildman–Crippen MR) is 64.8 cm³/mol. The van der Waals surface area contributed by atoms with Gasteiger partial charge in [-0.05, 0) is 25.2 Å². The summed E-state index contributed by atoms with van der Waals surface area (Å²) in [5.41, 5.74) is -1.54. The molecule has 1 aromatic carbocycles. The van der Waals surface area contributed by atoms with Crippen molar-refractivity contribution in [1.82, 2.24) is 9.80 Å². The molecular weight excluding hydrogens is 276 g/mol. The van der Waals surface area contributed by atoms with Crippen LogP contribution >= 0.6 is 0 Å². The zero-order chi connectivity index (χ0) is 14.9. The molecule has 110 valence electrons. The summed E-state index contributed by atoms with van der Waals surface area (Å²) in [6.07, 6.45) is -4.80. The van der Waals surface area contributed by atoms with E-state index < -0.39 is 23.5 Å². The van der Waals surface area contributed by atoms with Crippen molar-refractivity contribution in [2.75, 3.05) is 33.2 Å². The van der Waals surface area contributed by atoms with E-state index in [1.165, 1.54) is 4.90 Å². The summed E-state index contributed by atoms with van der Waals surface area (Å²) in [7, 11) is 1.90. The lowest BCUT2D eigenvalue weighted by molar-refractivity contribution is -0.140. The molecule has 7 heteroatoms. The largest absolute Gasteiger partial charge is 0.419 e. The minimum Gasteiger partial charge on any atom is -0.336 e. The Morgan fingerprint density at radius 2 is 1.75 bits per heavy atom. The molecule has 0 unspecified atom stereocenters. The standard InChI is InChI=1S/C13H14F4N2O/c1-18-4-6-19(7-5-18)12(20)9-2-3-11(14)10(8-9)13(15,16)17/h2-3,8H,4-7H2,1H3. The second kappa shape index (κ2) is 5.40. The molecule has 1 aromatic rings. The van der Waals surface area contributed by atoms with Crippen molar-refractivity contribution in [3.63, 3.8) is 0 Å². The summed E-state index contributed by atoms with van der Waals surface area (Å²) in [5.74, 6) is -1.86. The number of likely N-dealkylation sites (N-methyl/N-ethyl adjacent to an activating group) is 1. The first-order valence-corrected chi connectivity index (χ1v) is 6.13. The number of halogens is 4. The van der Waals surface area contributed by atoms with E-state index in [9.17, 15) is 22.4 Å². The maximum absolute atomic E-state index is 13.2. The number of piperazine rings is 1. The Labute approximate surface area is 113 Å². The van der Waals surface area contributed by atoms with E-state index in [0.717, 1.165) is 6.07 Å². The van der Waals surface area contributed by atoms with Gasteiger partial charge in [0, 0.05) is 31.7 Å². The predicted octanol–water partition coefficient (Wildman–Crippen LogP) is 2.23. The first-order valence-electron chi connectivity index (χ1n) is 6.13. The molecule has 1 aliphatic heterocycles. The molecule has 0 atom stereocenters. The zero-order valence-electron chi connectivity index (χ0n) is 10.9. The maximum atomic E-state index is 13.2. The van der Waals surface area contributed by atoms with Gasteiger partial charge in [0.05, 0.1) is 5.56 Å². The number of amides is 1. The van der Waals surface area contributed by atoms with Crippen molar-refractivity contribution < 1.29 is 22.4 Å². The second-order valence-corrected chi connectivity index (χ2v) is 4.79. The van der Waals surface area contributed by atoms with Gasteiger partial charge in [-0.15, -0.1) is 0 Å². The molecule has 0 saturated carbocycles. The Bertz CT molecular complexity index is 508. The van der Waals surface area contributed by atoms with E-state index in [2.05, 4.69) is 0 Å². The second-order valence-electron chi connectivity index (χ2n) is 4.79. The molecule has 0 N–H and O–H groups in total. The summed E-state index contributed by atoms with van der Waals surface area (Å²) in [6, 6.07) is 2.35. The van der Waals surface area contributed by atoms with Gasteiger partial charge in [-0.3, -0.25) is 4.79 Å². The molecule has 3 nitrogen and oxygen atoms in total. The smallest absolute Gasteiger partial charge is 0.336 e. The Balaban J connectivity index is 2.23. The van der Waals surface area contributed by atoms with E-state index in [0.29, 0.717) is 38.3 Å². The summed E-state index contributed by atoms with van der Waals surface area (Å²) < 4.78 is 51.0. The Morgan fingerprint density at radius 1 is 1.15 bits per heavy atom. The molecular formula is C13H14F4N2O. The van der Waals surface area contributed by atoms with Crippen LogP contribution in [0.2, 0.25) is 0 Å². The van der Waals surface area contributed by atoms with Crippen LogP contribution in [0.15, 0.2) is 18.2 Å². The fourth-order valence-corrected chi connectivity index (χ4v) is 2.07. The normalized spacial score (nSPS) is 17.4. The van der Waals surface area contributed by atoms with Crippen LogP contribution in [0.5, 0.6) is 0 Å². The van der Waals surface area contributed by atoms with E-state index in [4.69, 9.17) is 0 Å². The van der Waals surface area contributed by atoms with E-state index in [1.807, 2.05) is 11.9 Å². The van der Waals surface area contributed by atoms with Crippen molar-refractivity contribution in [2.24, 2.45) is 0 Å². The fourth-order valence-electron chi connectivity index (χ4n) is 2.07. The molecule has 2 rings (SSSR count). The van der Waals surface area contributed by atoms with Gasteiger partial charge in [-0.1, -0.05) is 0 Å². The quantitative estimate of drug-likeness (QED) is 0.741. The molecule has 0 spiro atoms. The molecule has 1 saturated heterocycles. The molecule has 0 radical (unpaired) electrons. The molecule has 1 aliphatic rings. The van der Waals surface area contributed by atoms with Crippen molar-refractivity contribution in [3.05, 3.63) is 35.1 Å². The van der Waals surface area contributed by atoms with Crippen LogP contribution in [-0.4, -0.2) is 48.9 Å². The minimum atomic E-state index is -4.80. The van der Waals surface area contributed by atoms with Crippen LogP contribution in [0, 0.1) is 5.82 Å². The molecule has 1 fully saturated rings. The van der Waals surface area contributed by atoms with Crippen molar-refractivity contribution in [3.8, 4) is 0 Å². The third kappa shape index (κ3) is 3.09. The van der Waals surface area contributed by atoms with E-state index in [-0.39, 0.29) is 5.56 Å². The lowest BCUT2D eigenvalue weighted by Crippen LogP contribution is -2.47. The van der Waals surface area contributed by atoms with Gasteiger partial charge in [0.15, 0.2) is 0 Å². The van der Waals surface area contributed by atoms with Crippen molar-refractivity contribution in [2.45, 2.75) is 6.18 Å². The summed E-state index contributed by atoms with van der Waals surface area (Å²) in [4.78, 5) is 15.6. The average Bonchev–Trinajstić information content (AvgIpc) is 2.38. The third-order valence-electron chi connectivity index (χ3n) is 3.31. The zero-order valence-corrected chi connectivity index (χ0v) is 10.9.